The Balaban J connectivity index is 1.80. The molecule has 0 amide bonds. The number of ether oxygens (including phenoxy) is 1. The number of hydrogen-bond acceptors (Lipinski definition) is 2. The van der Waals surface area contributed by atoms with Gasteiger partial charge in [0.25, 0.3) is 0 Å². The molecule has 0 spiro atoms. The van der Waals surface area contributed by atoms with Crippen LogP contribution in [0.25, 0.3) is 0 Å². The first-order valence-electron chi connectivity index (χ1n) is 5.68. The number of rotatable bonds is 3. The fourth-order valence-electron chi connectivity index (χ4n) is 2.03. The first-order valence-corrected chi connectivity index (χ1v) is 5.68. The van der Waals surface area contributed by atoms with Crippen LogP contribution in [0.15, 0.2) is 24.3 Å². The SMILES string of the molecule is [CH2-]N1CCCC(COc2ccc(F)cc2)C1. The van der Waals surface area contributed by atoms with Crippen molar-refractivity contribution in [2.45, 2.75) is 12.8 Å². The maximum absolute atomic E-state index is 12.7. The Morgan fingerprint density at radius 3 is 2.81 bits per heavy atom. The summed E-state index contributed by atoms with van der Waals surface area (Å²) in [7, 11) is 3.94. The summed E-state index contributed by atoms with van der Waals surface area (Å²) in [6.45, 7) is 2.76. The summed E-state index contributed by atoms with van der Waals surface area (Å²) in [4.78, 5) is 2.09. The molecule has 0 aromatic heterocycles. The van der Waals surface area contributed by atoms with E-state index in [9.17, 15) is 4.39 Å². The van der Waals surface area contributed by atoms with Crippen LogP contribution in [-0.2, 0) is 0 Å². The number of benzene rings is 1. The molecule has 2 rings (SSSR count). The van der Waals surface area contributed by atoms with Crippen LogP contribution in [0.2, 0.25) is 0 Å². The third-order valence-corrected chi connectivity index (χ3v) is 2.90. The molecule has 1 heterocycles. The average Bonchev–Trinajstić information content (AvgIpc) is 2.28. The van der Waals surface area contributed by atoms with Crippen molar-refractivity contribution < 1.29 is 9.13 Å². The third kappa shape index (κ3) is 3.20. The lowest BCUT2D eigenvalue weighted by Gasteiger charge is -2.35. The summed E-state index contributed by atoms with van der Waals surface area (Å²) in [5, 5.41) is 0. The number of nitrogens with zero attached hydrogens (tertiary/aromatic N) is 1. The molecule has 0 saturated carbocycles. The fourth-order valence-corrected chi connectivity index (χ4v) is 2.03. The molecule has 88 valence electrons. The predicted octanol–water partition coefficient (Wildman–Crippen LogP) is 2.71. The lowest BCUT2D eigenvalue weighted by Crippen LogP contribution is -2.33. The van der Waals surface area contributed by atoms with Crippen LogP contribution in [0.4, 0.5) is 4.39 Å². The van der Waals surface area contributed by atoms with Gasteiger partial charge in [-0.3, -0.25) is 7.05 Å². The molecule has 0 aliphatic carbocycles. The van der Waals surface area contributed by atoms with E-state index in [-0.39, 0.29) is 5.82 Å². The van der Waals surface area contributed by atoms with Crippen LogP contribution in [-0.4, -0.2) is 24.6 Å². The maximum atomic E-state index is 12.7. The van der Waals surface area contributed by atoms with Gasteiger partial charge in [-0.1, -0.05) is 0 Å². The standard InChI is InChI=1S/C13H17FNO/c1-15-8-2-3-11(9-15)10-16-13-6-4-12(14)5-7-13/h4-7,11H,1-3,8-10H2/q-1. The molecule has 1 fully saturated rings. The van der Waals surface area contributed by atoms with E-state index >= 15 is 0 Å². The molecule has 1 aliphatic heterocycles. The van der Waals surface area contributed by atoms with Gasteiger partial charge in [0.15, 0.2) is 0 Å². The summed E-state index contributed by atoms with van der Waals surface area (Å²) in [5.74, 6) is 1.05. The Morgan fingerprint density at radius 2 is 2.12 bits per heavy atom. The minimum absolute atomic E-state index is 0.228. The van der Waals surface area contributed by atoms with E-state index in [0.717, 1.165) is 18.8 Å². The molecule has 1 aromatic carbocycles. The van der Waals surface area contributed by atoms with Gasteiger partial charge in [-0.15, -0.1) is 0 Å². The monoisotopic (exact) mass is 222 g/mol. The number of halogens is 1. The second-order valence-electron chi connectivity index (χ2n) is 4.35. The molecule has 1 unspecified atom stereocenters. The molecular weight excluding hydrogens is 205 g/mol. The van der Waals surface area contributed by atoms with E-state index in [1.165, 1.54) is 25.0 Å². The van der Waals surface area contributed by atoms with Gasteiger partial charge >= 0.3 is 0 Å². The van der Waals surface area contributed by atoms with Gasteiger partial charge in [-0.05, 0) is 50.2 Å². The highest BCUT2D eigenvalue weighted by molar-refractivity contribution is 5.22. The Morgan fingerprint density at radius 1 is 1.38 bits per heavy atom. The Labute approximate surface area is 96.0 Å². The Kier molecular flexibility index (Phi) is 3.78. The van der Waals surface area contributed by atoms with Crippen LogP contribution < -0.4 is 4.74 Å². The summed E-state index contributed by atoms with van der Waals surface area (Å²) in [6, 6.07) is 6.17. The van der Waals surface area contributed by atoms with Crippen molar-refractivity contribution in [2.75, 3.05) is 19.7 Å². The van der Waals surface area contributed by atoms with Gasteiger partial charge in [0.1, 0.15) is 11.6 Å². The normalized spacial score (nSPS) is 22.0. The zero-order valence-electron chi connectivity index (χ0n) is 9.36. The van der Waals surface area contributed by atoms with Crippen molar-refractivity contribution in [3.05, 3.63) is 37.1 Å². The number of likely N-dealkylation sites (tertiary alicyclic amines) is 1. The summed E-state index contributed by atoms with van der Waals surface area (Å²) < 4.78 is 18.3. The van der Waals surface area contributed by atoms with E-state index < -0.39 is 0 Å². The van der Waals surface area contributed by atoms with E-state index in [1.807, 2.05) is 0 Å². The topological polar surface area (TPSA) is 12.5 Å². The molecule has 2 nitrogen and oxygen atoms in total. The molecule has 0 radical (unpaired) electrons. The van der Waals surface area contributed by atoms with Crippen molar-refractivity contribution in [1.29, 1.82) is 0 Å². The highest BCUT2D eigenvalue weighted by Crippen LogP contribution is 2.18. The highest BCUT2D eigenvalue weighted by Gasteiger charge is 2.14. The first kappa shape index (κ1) is 11.4. The zero-order valence-corrected chi connectivity index (χ0v) is 9.36. The van der Waals surface area contributed by atoms with Crippen molar-refractivity contribution >= 4 is 0 Å². The van der Waals surface area contributed by atoms with E-state index in [4.69, 9.17) is 4.74 Å². The van der Waals surface area contributed by atoms with Gasteiger partial charge in [0, 0.05) is 5.92 Å². The molecule has 1 aliphatic rings. The molecule has 0 bridgehead atoms. The van der Waals surface area contributed by atoms with E-state index in [2.05, 4.69) is 11.9 Å². The molecule has 0 N–H and O–H groups in total. The summed E-state index contributed by atoms with van der Waals surface area (Å²) in [6.07, 6.45) is 2.37. The molecule has 1 saturated heterocycles. The molecule has 1 aromatic rings. The molecule has 1 atom stereocenters. The lowest BCUT2D eigenvalue weighted by molar-refractivity contribution is 0.161. The van der Waals surface area contributed by atoms with E-state index in [0.29, 0.717) is 12.5 Å². The van der Waals surface area contributed by atoms with Crippen LogP contribution in [0.1, 0.15) is 12.8 Å². The van der Waals surface area contributed by atoms with Gasteiger partial charge in [-0.25, -0.2) is 4.39 Å². The van der Waals surface area contributed by atoms with Crippen molar-refractivity contribution in [1.82, 2.24) is 4.90 Å². The second-order valence-corrected chi connectivity index (χ2v) is 4.35. The predicted molar refractivity (Wildman–Crippen MR) is 61.5 cm³/mol. The summed E-state index contributed by atoms with van der Waals surface area (Å²) in [5.41, 5.74) is 0. The van der Waals surface area contributed by atoms with E-state index in [1.54, 1.807) is 12.1 Å². The minimum Gasteiger partial charge on any atom is -0.493 e. The third-order valence-electron chi connectivity index (χ3n) is 2.90. The quantitative estimate of drug-likeness (QED) is 0.729. The highest BCUT2D eigenvalue weighted by atomic mass is 19.1. The maximum Gasteiger partial charge on any atom is 0.123 e. The minimum atomic E-state index is -0.228. The van der Waals surface area contributed by atoms with Crippen LogP contribution in [0.5, 0.6) is 5.75 Å². The molecule has 16 heavy (non-hydrogen) atoms. The number of piperidine rings is 1. The molecular formula is C13H17FNO-. The first-order chi connectivity index (χ1) is 7.74. The number of hydrogen-bond donors (Lipinski definition) is 0. The average molecular weight is 222 g/mol. The van der Waals surface area contributed by atoms with Crippen molar-refractivity contribution in [2.24, 2.45) is 5.92 Å². The lowest BCUT2D eigenvalue weighted by atomic mass is 10.00. The Hall–Kier alpha value is -1.09. The van der Waals surface area contributed by atoms with Crippen LogP contribution >= 0.6 is 0 Å². The fraction of sp³-hybridized carbons (Fsp3) is 0.462. The zero-order chi connectivity index (χ0) is 11.4. The van der Waals surface area contributed by atoms with Crippen molar-refractivity contribution in [3.63, 3.8) is 0 Å². The van der Waals surface area contributed by atoms with Crippen LogP contribution in [0.3, 0.4) is 0 Å². The molecule has 3 heteroatoms. The smallest absolute Gasteiger partial charge is 0.123 e. The largest absolute Gasteiger partial charge is 0.493 e. The van der Waals surface area contributed by atoms with Crippen LogP contribution in [0, 0.1) is 18.8 Å². The van der Waals surface area contributed by atoms with Gasteiger partial charge < -0.3 is 9.64 Å². The Bertz CT molecular complexity index is 325. The summed E-state index contributed by atoms with van der Waals surface area (Å²) >= 11 is 0. The van der Waals surface area contributed by atoms with Gasteiger partial charge in [0.05, 0.1) is 6.61 Å². The van der Waals surface area contributed by atoms with Crippen molar-refractivity contribution in [3.8, 4) is 5.75 Å². The van der Waals surface area contributed by atoms with Gasteiger partial charge in [-0.2, -0.15) is 0 Å². The second kappa shape index (κ2) is 5.30. The van der Waals surface area contributed by atoms with Gasteiger partial charge in [0.2, 0.25) is 0 Å².